The third kappa shape index (κ3) is 7.34. The third-order valence-electron chi connectivity index (χ3n) is 3.43. The summed E-state index contributed by atoms with van der Waals surface area (Å²) in [5, 5.41) is 7.23. The zero-order valence-electron chi connectivity index (χ0n) is 14.3. The van der Waals surface area contributed by atoms with E-state index in [1.807, 2.05) is 17.8 Å². The van der Waals surface area contributed by atoms with Crippen molar-refractivity contribution in [3.63, 3.8) is 0 Å². The molecule has 0 saturated carbocycles. The van der Waals surface area contributed by atoms with Gasteiger partial charge in [0.15, 0.2) is 5.11 Å². The summed E-state index contributed by atoms with van der Waals surface area (Å²) in [4.78, 5) is 2.72. The predicted octanol–water partition coefficient (Wildman–Crippen LogP) is 2.09. The Morgan fingerprint density at radius 2 is 1.62 bits per heavy atom. The standard InChI is InChI=1S/C19H25N3S2/c1-22(2)15-17-10-8-16(9-11-17)14-21-19(23)20-12-13-24-18-6-4-3-5-7-18/h3-11H,12-15H2,1-2H3,(H2,20,21,23)/p+1. The molecule has 3 N–H and O–H groups in total. The first kappa shape index (κ1) is 18.8. The summed E-state index contributed by atoms with van der Waals surface area (Å²) < 4.78 is 0. The molecule has 3 nitrogen and oxygen atoms in total. The summed E-state index contributed by atoms with van der Waals surface area (Å²) in [6.07, 6.45) is 0. The number of rotatable bonds is 8. The molecular formula is C19H26N3S2+. The van der Waals surface area contributed by atoms with Crippen molar-refractivity contribution in [3.8, 4) is 0 Å². The molecule has 0 radical (unpaired) electrons. The minimum absolute atomic E-state index is 0.713. The second kappa shape index (κ2) is 10.3. The van der Waals surface area contributed by atoms with E-state index in [1.165, 1.54) is 20.9 Å². The highest BCUT2D eigenvalue weighted by Gasteiger charge is 2.00. The maximum absolute atomic E-state index is 5.33. The maximum atomic E-state index is 5.33. The molecule has 0 fully saturated rings. The van der Waals surface area contributed by atoms with E-state index in [0.717, 1.165) is 25.4 Å². The second-order valence-electron chi connectivity index (χ2n) is 5.97. The Morgan fingerprint density at radius 3 is 2.29 bits per heavy atom. The lowest BCUT2D eigenvalue weighted by molar-refractivity contribution is -0.872. The molecule has 0 aliphatic carbocycles. The first-order valence-electron chi connectivity index (χ1n) is 8.20. The van der Waals surface area contributed by atoms with Gasteiger partial charge in [0.2, 0.25) is 0 Å². The third-order valence-corrected chi connectivity index (χ3v) is 4.74. The van der Waals surface area contributed by atoms with E-state index in [2.05, 4.69) is 73.3 Å². The van der Waals surface area contributed by atoms with Crippen LogP contribution in [0.5, 0.6) is 0 Å². The van der Waals surface area contributed by atoms with Gasteiger partial charge in [0.25, 0.3) is 0 Å². The molecule has 5 heteroatoms. The van der Waals surface area contributed by atoms with Gasteiger partial charge in [-0.25, -0.2) is 0 Å². The van der Waals surface area contributed by atoms with Gasteiger partial charge in [-0.2, -0.15) is 0 Å². The Labute approximate surface area is 154 Å². The van der Waals surface area contributed by atoms with Crippen molar-refractivity contribution < 1.29 is 4.90 Å². The molecule has 0 amide bonds. The highest BCUT2D eigenvalue weighted by atomic mass is 32.2. The Balaban J connectivity index is 1.62. The van der Waals surface area contributed by atoms with Gasteiger partial charge in [-0.3, -0.25) is 0 Å². The van der Waals surface area contributed by atoms with Crippen molar-refractivity contribution in [2.45, 2.75) is 18.0 Å². The van der Waals surface area contributed by atoms with Gasteiger partial charge in [0.1, 0.15) is 6.54 Å². The first-order valence-corrected chi connectivity index (χ1v) is 9.59. The van der Waals surface area contributed by atoms with Crippen LogP contribution in [0.3, 0.4) is 0 Å². The molecule has 2 aromatic rings. The lowest BCUT2D eigenvalue weighted by Crippen LogP contribution is -3.04. The number of benzene rings is 2. The summed E-state index contributed by atoms with van der Waals surface area (Å²) in [6.45, 7) is 2.66. The number of quaternary nitrogens is 1. The number of nitrogens with one attached hydrogen (secondary N) is 3. The van der Waals surface area contributed by atoms with Crippen LogP contribution in [0.25, 0.3) is 0 Å². The number of hydrogen-bond donors (Lipinski definition) is 3. The fourth-order valence-corrected chi connectivity index (χ4v) is 3.24. The molecule has 0 bridgehead atoms. The van der Waals surface area contributed by atoms with Crippen LogP contribution in [0.1, 0.15) is 11.1 Å². The van der Waals surface area contributed by atoms with E-state index in [4.69, 9.17) is 12.2 Å². The molecule has 2 rings (SSSR count). The summed E-state index contributed by atoms with van der Waals surface area (Å²) in [5.41, 5.74) is 2.60. The minimum Gasteiger partial charge on any atom is -0.362 e. The van der Waals surface area contributed by atoms with Crippen LogP contribution in [0.2, 0.25) is 0 Å². The molecular weight excluding hydrogens is 334 g/mol. The van der Waals surface area contributed by atoms with E-state index in [0.29, 0.717) is 5.11 Å². The topological polar surface area (TPSA) is 28.5 Å². The van der Waals surface area contributed by atoms with Crippen LogP contribution in [-0.4, -0.2) is 31.5 Å². The molecule has 128 valence electrons. The van der Waals surface area contributed by atoms with E-state index in [1.54, 1.807) is 0 Å². The van der Waals surface area contributed by atoms with Crippen molar-refractivity contribution in [1.29, 1.82) is 0 Å². The van der Waals surface area contributed by atoms with Crippen molar-refractivity contribution in [2.75, 3.05) is 26.4 Å². The highest BCUT2D eigenvalue weighted by molar-refractivity contribution is 7.99. The van der Waals surface area contributed by atoms with Crippen LogP contribution in [0.4, 0.5) is 0 Å². The second-order valence-corrected chi connectivity index (χ2v) is 7.55. The molecule has 0 heterocycles. The summed E-state index contributed by atoms with van der Waals surface area (Å²) in [5.74, 6) is 0.993. The van der Waals surface area contributed by atoms with Gasteiger partial charge in [-0.15, -0.1) is 11.8 Å². The molecule has 24 heavy (non-hydrogen) atoms. The number of hydrogen-bond acceptors (Lipinski definition) is 2. The van der Waals surface area contributed by atoms with Gasteiger partial charge in [-0.05, 0) is 29.9 Å². The minimum atomic E-state index is 0.713. The zero-order chi connectivity index (χ0) is 17.2. The molecule has 2 aromatic carbocycles. The van der Waals surface area contributed by atoms with Crippen LogP contribution in [0.15, 0.2) is 59.5 Å². The lowest BCUT2D eigenvalue weighted by Gasteiger charge is -2.11. The molecule has 0 aliphatic heterocycles. The van der Waals surface area contributed by atoms with Crippen molar-refractivity contribution >= 4 is 29.1 Å². The monoisotopic (exact) mass is 360 g/mol. The maximum Gasteiger partial charge on any atom is 0.166 e. The molecule has 0 saturated heterocycles. The largest absolute Gasteiger partial charge is 0.362 e. The van der Waals surface area contributed by atoms with Gasteiger partial charge in [0.05, 0.1) is 14.1 Å². The zero-order valence-corrected chi connectivity index (χ0v) is 16.0. The number of thioether (sulfide) groups is 1. The van der Waals surface area contributed by atoms with E-state index in [-0.39, 0.29) is 0 Å². The first-order chi connectivity index (χ1) is 11.6. The molecule has 0 atom stereocenters. The Hall–Kier alpha value is -1.56. The summed E-state index contributed by atoms with van der Waals surface area (Å²) >= 11 is 7.16. The van der Waals surface area contributed by atoms with E-state index >= 15 is 0 Å². The Kier molecular flexibility index (Phi) is 8.08. The average molecular weight is 361 g/mol. The Bertz CT molecular complexity index is 612. The van der Waals surface area contributed by atoms with Crippen LogP contribution >= 0.6 is 24.0 Å². The molecule has 0 aliphatic rings. The molecule has 0 spiro atoms. The summed E-state index contributed by atoms with van der Waals surface area (Å²) in [6, 6.07) is 19.1. The fourth-order valence-electron chi connectivity index (χ4n) is 2.28. The smallest absolute Gasteiger partial charge is 0.166 e. The highest BCUT2D eigenvalue weighted by Crippen LogP contribution is 2.15. The summed E-state index contributed by atoms with van der Waals surface area (Å²) in [7, 11) is 4.32. The lowest BCUT2D eigenvalue weighted by atomic mass is 10.1. The van der Waals surface area contributed by atoms with Crippen LogP contribution < -0.4 is 15.5 Å². The normalized spacial score (nSPS) is 10.6. The van der Waals surface area contributed by atoms with Gasteiger partial charge >= 0.3 is 0 Å². The molecule has 0 unspecified atom stereocenters. The van der Waals surface area contributed by atoms with Crippen molar-refractivity contribution in [3.05, 3.63) is 65.7 Å². The van der Waals surface area contributed by atoms with Crippen LogP contribution in [-0.2, 0) is 13.1 Å². The Morgan fingerprint density at radius 1 is 0.958 bits per heavy atom. The van der Waals surface area contributed by atoms with Gasteiger partial charge in [0, 0.05) is 29.3 Å². The van der Waals surface area contributed by atoms with E-state index < -0.39 is 0 Å². The quantitative estimate of drug-likeness (QED) is 0.382. The van der Waals surface area contributed by atoms with Crippen molar-refractivity contribution in [2.24, 2.45) is 0 Å². The average Bonchev–Trinajstić information content (AvgIpc) is 2.58. The fraction of sp³-hybridized carbons (Fsp3) is 0.316. The predicted molar refractivity (Wildman–Crippen MR) is 108 cm³/mol. The molecule has 0 aromatic heterocycles. The van der Waals surface area contributed by atoms with Gasteiger partial charge < -0.3 is 15.5 Å². The van der Waals surface area contributed by atoms with Crippen molar-refractivity contribution in [1.82, 2.24) is 10.6 Å². The van der Waals surface area contributed by atoms with Gasteiger partial charge in [-0.1, -0.05) is 42.5 Å². The van der Waals surface area contributed by atoms with Crippen LogP contribution in [0, 0.1) is 0 Å². The number of thiocarbonyl (C=S) groups is 1. The SMILES string of the molecule is C[NH+](C)Cc1ccc(CNC(=S)NCCSc2ccccc2)cc1. The van der Waals surface area contributed by atoms with E-state index in [9.17, 15) is 0 Å².